The average molecular weight is 376 g/mol. The number of para-hydroxylation sites is 1. The predicted molar refractivity (Wildman–Crippen MR) is 113 cm³/mol. The topological polar surface area (TPSA) is 21.1 Å². The van der Waals surface area contributed by atoms with E-state index in [0.717, 1.165) is 17.8 Å². The van der Waals surface area contributed by atoms with E-state index in [0.29, 0.717) is 17.5 Å². The molecular weight excluding hydrogens is 342 g/mol. The number of aromatic nitrogens is 2. The first-order valence-corrected chi connectivity index (χ1v) is 11.4. The van der Waals surface area contributed by atoms with E-state index in [9.17, 15) is 0 Å². The molecule has 3 bridgehead atoms. The fraction of sp³-hybridized carbons (Fsp3) is 0.640. The molecule has 1 aliphatic heterocycles. The van der Waals surface area contributed by atoms with E-state index in [2.05, 4.69) is 61.0 Å². The van der Waals surface area contributed by atoms with Gasteiger partial charge in [0, 0.05) is 12.7 Å². The van der Waals surface area contributed by atoms with Crippen LogP contribution in [-0.2, 0) is 7.05 Å². The molecule has 0 radical (unpaired) electrons. The summed E-state index contributed by atoms with van der Waals surface area (Å²) in [6, 6.07) is 9.85. The van der Waals surface area contributed by atoms with E-state index in [-0.39, 0.29) is 0 Å². The van der Waals surface area contributed by atoms with Crippen molar-refractivity contribution in [1.82, 2.24) is 9.55 Å². The van der Waals surface area contributed by atoms with Gasteiger partial charge in [-0.15, -0.1) is 0 Å². The number of nitrogens with zero attached hydrogens (tertiary/aromatic N) is 3. The monoisotopic (exact) mass is 375 g/mol. The van der Waals surface area contributed by atoms with Crippen LogP contribution in [0.3, 0.4) is 0 Å². The van der Waals surface area contributed by atoms with Crippen molar-refractivity contribution in [3.05, 3.63) is 47.5 Å². The van der Waals surface area contributed by atoms with Gasteiger partial charge in [0.05, 0.1) is 29.8 Å². The molecule has 5 unspecified atom stereocenters. The lowest BCUT2D eigenvalue weighted by molar-refractivity contribution is -0.0504. The third-order valence-corrected chi connectivity index (χ3v) is 8.96. The number of rotatable bonds is 2. The Morgan fingerprint density at radius 3 is 2.79 bits per heavy atom. The second kappa shape index (κ2) is 5.87. The molecule has 148 valence electrons. The highest BCUT2D eigenvalue weighted by Crippen LogP contribution is 2.66. The zero-order chi connectivity index (χ0) is 19.0. The summed E-state index contributed by atoms with van der Waals surface area (Å²) in [5.74, 6) is 2.94. The smallest absolute Gasteiger partial charge is 0.0950 e. The first kappa shape index (κ1) is 17.1. The highest BCUT2D eigenvalue weighted by Gasteiger charge is 2.58. The third-order valence-electron chi connectivity index (χ3n) is 8.96. The van der Waals surface area contributed by atoms with Crippen molar-refractivity contribution >= 4 is 5.69 Å². The molecule has 0 N–H and O–H groups in total. The molecule has 0 saturated heterocycles. The Labute approximate surface area is 169 Å². The van der Waals surface area contributed by atoms with Crippen LogP contribution in [0.4, 0.5) is 5.69 Å². The quantitative estimate of drug-likeness (QED) is 0.646. The molecule has 2 heterocycles. The van der Waals surface area contributed by atoms with Crippen LogP contribution in [0.2, 0.25) is 0 Å². The highest BCUT2D eigenvalue weighted by atomic mass is 15.3. The van der Waals surface area contributed by atoms with Gasteiger partial charge in [-0.3, -0.25) is 0 Å². The third kappa shape index (κ3) is 2.19. The van der Waals surface area contributed by atoms with Gasteiger partial charge in [-0.25, -0.2) is 4.98 Å². The zero-order valence-electron chi connectivity index (χ0n) is 17.6. The van der Waals surface area contributed by atoms with Gasteiger partial charge in [0.25, 0.3) is 0 Å². The summed E-state index contributed by atoms with van der Waals surface area (Å²) in [4.78, 5) is 7.81. The van der Waals surface area contributed by atoms with Crippen LogP contribution < -0.4 is 4.90 Å². The van der Waals surface area contributed by atoms with Crippen LogP contribution in [-0.4, -0.2) is 9.55 Å². The summed E-state index contributed by atoms with van der Waals surface area (Å²) in [6.07, 6.45) is 12.3. The number of fused-ring (bicyclic) bond motifs is 3. The number of hydrogen-bond acceptors (Lipinski definition) is 2. The van der Waals surface area contributed by atoms with Gasteiger partial charge in [-0.2, -0.15) is 0 Å². The Bertz CT molecular complexity index is 910. The molecule has 3 nitrogen and oxygen atoms in total. The van der Waals surface area contributed by atoms with Crippen molar-refractivity contribution in [3.8, 4) is 0 Å². The lowest BCUT2D eigenvalue weighted by atomic mass is 9.49. The molecule has 28 heavy (non-hydrogen) atoms. The largest absolute Gasteiger partial charge is 0.354 e. The zero-order valence-corrected chi connectivity index (χ0v) is 17.6. The van der Waals surface area contributed by atoms with E-state index in [4.69, 9.17) is 4.98 Å². The number of aryl methyl sites for hydroxylation is 2. The molecule has 3 aliphatic carbocycles. The van der Waals surface area contributed by atoms with Crippen molar-refractivity contribution in [2.24, 2.45) is 30.2 Å². The minimum absolute atomic E-state index is 0.391. The maximum Gasteiger partial charge on any atom is 0.0950 e. The lowest BCUT2D eigenvalue weighted by Crippen LogP contribution is -2.50. The van der Waals surface area contributed by atoms with Gasteiger partial charge in [-0.1, -0.05) is 24.6 Å². The van der Waals surface area contributed by atoms with Crippen LogP contribution in [0.5, 0.6) is 0 Å². The molecule has 0 amide bonds. The molecule has 2 aromatic rings. The molecular formula is C25H33N3. The van der Waals surface area contributed by atoms with Crippen molar-refractivity contribution < 1.29 is 0 Å². The van der Waals surface area contributed by atoms with Gasteiger partial charge < -0.3 is 9.47 Å². The fourth-order valence-corrected chi connectivity index (χ4v) is 7.91. The van der Waals surface area contributed by atoms with E-state index >= 15 is 0 Å². The maximum absolute atomic E-state index is 5.03. The van der Waals surface area contributed by atoms with E-state index < -0.39 is 0 Å². The first-order valence-electron chi connectivity index (χ1n) is 11.4. The van der Waals surface area contributed by atoms with Gasteiger partial charge >= 0.3 is 0 Å². The molecule has 3 saturated carbocycles. The van der Waals surface area contributed by atoms with Gasteiger partial charge in [0.2, 0.25) is 0 Å². The molecule has 6 atom stereocenters. The van der Waals surface area contributed by atoms with Crippen LogP contribution >= 0.6 is 0 Å². The fourth-order valence-electron chi connectivity index (χ4n) is 7.91. The summed E-state index contributed by atoms with van der Waals surface area (Å²) in [7, 11) is 2.19. The van der Waals surface area contributed by atoms with Crippen LogP contribution in [0.1, 0.15) is 80.9 Å². The van der Waals surface area contributed by atoms with E-state index in [1.807, 2.05) is 0 Å². The van der Waals surface area contributed by atoms with Crippen molar-refractivity contribution in [2.45, 2.75) is 70.9 Å². The minimum Gasteiger partial charge on any atom is -0.354 e. The summed E-state index contributed by atoms with van der Waals surface area (Å²) in [5, 5.41) is 0. The second-order valence-corrected chi connectivity index (χ2v) is 10.4. The summed E-state index contributed by atoms with van der Waals surface area (Å²) >= 11 is 0. The summed E-state index contributed by atoms with van der Waals surface area (Å²) in [6.45, 7) is 4.68. The molecule has 6 rings (SSSR count). The molecule has 3 heteroatoms. The van der Waals surface area contributed by atoms with Crippen LogP contribution in [0, 0.1) is 30.1 Å². The molecule has 4 aliphatic rings. The van der Waals surface area contributed by atoms with E-state index in [1.165, 1.54) is 67.6 Å². The number of anilines is 1. The number of hydrogen-bond donors (Lipinski definition) is 0. The Balaban J connectivity index is 1.52. The molecule has 1 aromatic carbocycles. The SMILES string of the molecule is Cc1ccccc1N1C(C23CCC4CCC(CC4C2)C3)c2ncn(C)c2[C@@H]1C. The van der Waals surface area contributed by atoms with Gasteiger partial charge in [0.15, 0.2) is 0 Å². The minimum atomic E-state index is 0.391. The van der Waals surface area contributed by atoms with Gasteiger partial charge in [0.1, 0.15) is 0 Å². The highest BCUT2D eigenvalue weighted by molar-refractivity contribution is 5.60. The van der Waals surface area contributed by atoms with E-state index in [1.54, 1.807) is 0 Å². The van der Waals surface area contributed by atoms with Crippen LogP contribution in [0.15, 0.2) is 30.6 Å². The molecule has 1 aromatic heterocycles. The van der Waals surface area contributed by atoms with Crippen molar-refractivity contribution in [3.63, 3.8) is 0 Å². The molecule has 0 spiro atoms. The lowest BCUT2D eigenvalue weighted by Gasteiger charge is -2.58. The first-order chi connectivity index (χ1) is 13.6. The Morgan fingerprint density at radius 2 is 1.93 bits per heavy atom. The normalized spacial score (nSPS) is 38.7. The summed E-state index contributed by atoms with van der Waals surface area (Å²) < 4.78 is 2.29. The van der Waals surface area contributed by atoms with Gasteiger partial charge in [-0.05, 0) is 87.2 Å². The summed E-state index contributed by atoms with van der Waals surface area (Å²) in [5.41, 5.74) is 6.07. The standard InChI is InChI=1S/C25H33N3/c1-16-6-4-5-7-21(16)28-17(2)23-22(26-15-27(23)3)24(28)25-11-10-19-9-8-18(13-25)12-20(19)14-25/h4-7,15,17-20,24H,8-14H2,1-3H3/t17-,18?,19?,20?,24?,25?/m0/s1. The molecule has 3 fully saturated rings. The second-order valence-electron chi connectivity index (χ2n) is 10.4. The maximum atomic E-state index is 5.03. The predicted octanol–water partition coefficient (Wildman–Crippen LogP) is 5.96. The van der Waals surface area contributed by atoms with Crippen molar-refractivity contribution in [2.75, 3.05) is 4.90 Å². The Kier molecular flexibility index (Phi) is 3.59. The van der Waals surface area contributed by atoms with Crippen LogP contribution in [0.25, 0.3) is 0 Å². The number of imidazole rings is 1. The Hall–Kier alpha value is -1.77. The average Bonchev–Trinajstić information content (AvgIpc) is 3.19. The Morgan fingerprint density at radius 1 is 1.07 bits per heavy atom. The number of benzene rings is 1. The van der Waals surface area contributed by atoms with Crippen molar-refractivity contribution in [1.29, 1.82) is 0 Å².